The van der Waals surface area contributed by atoms with Crippen molar-refractivity contribution in [3.05, 3.63) is 84.4 Å². The van der Waals surface area contributed by atoms with E-state index in [1.54, 1.807) is 12.1 Å². The molecule has 22 heavy (non-hydrogen) atoms. The van der Waals surface area contributed by atoms with Gasteiger partial charge in [-0.25, -0.2) is 0 Å². The van der Waals surface area contributed by atoms with Gasteiger partial charge in [-0.05, 0) is 59.1 Å². The van der Waals surface area contributed by atoms with Gasteiger partial charge in [0.25, 0.3) is 5.24 Å². The van der Waals surface area contributed by atoms with Crippen molar-refractivity contribution < 1.29 is 9.53 Å². The quantitative estimate of drug-likeness (QED) is 0.593. The van der Waals surface area contributed by atoms with E-state index in [2.05, 4.69) is 0 Å². The summed E-state index contributed by atoms with van der Waals surface area (Å²) in [6.07, 6.45) is 0. The minimum absolute atomic E-state index is 0.446. The monoisotopic (exact) mass is 308 g/mol. The molecule has 3 aromatic rings. The molecule has 2 nitrogen and oxygen atoms in total. The van der Waals surface area contributed by atoms with Crippen LogP contribution in [0.15, 0.2) is 78.9 Å². The molecule has 3 rings (SSSR count). The Morgan fingerprint density at radius 3 is 1.73 bits per heavy atom. The molecule has 0 aromatic heterocycles. The van der Waals surface area contributed by atoms with Gasteiger partial charge in [-0.15, -0.1) is 0 Å². The first-order valence-corrected chi connectivity index (χ1v) is 7.23. The van der Waals surface area contributed by atoms with Crippen molar-refractivity contribution in [1.29, 1.82) is 0 Å². The molecule has 0 unspecified atom stereocenters. The molecule has 0 bridgehead atoms. The molecule has 0 atom stereocenters. The third-order valence-electron chi connectivity index (χ3n) is 3.28. The summed E-state index contributed by atoms with van der Waals surface area (Å²) in [7, 11) is 0. The van der Waals surface area contributed by atoms with Crippen LogP contribution in [0, 0.1) is 0 Å². The van der Waals surface area contributed by atoms with E-state index in [1.165, 1.54) is 0 Å². The second kappa shape index (κ2) is 6.46. The molecular formula is C19H13ClO2. The minimum atomic E-state index is -0.446. The van der Waals surface area contributed by atoms with Crippen LogP contribution in [0.1, 0.15) is 10.4 Å². The average molecular weight is 309 g/mol. The summed E-state index contributed by atoms with van der Waals surface area (Å²) in [6, 6.07) is 24.6. The van der Waals surface area contributed by atoms with Gasteiger partial charge in [-0.1, -0.05) is 42.5 Å². The summed E-state index contributed by atoms with van der Waals surface area (Å²) in [6.45, 7) is 0. The van der Waals surface area contributed by atoms with Gasteiger partial charge in [0.1, 0.15) is 11.5 Å². The summed E-state index contributed by atoms with van der Waals surface area (Å²) < 4.78 is 5.76. The summed E-state index contributed by atoms with van der Waals surface area (Å²) in [5.74, 6) is 1.59. The maximum absolute atomic E-state index is 11.1. The number of para-hydroxylation sites is 1. The minimum Gasteiger partial charge on any atom is -0.457 e. The molecule has 0 aliphatic carbocycles. The zero-order chi connectivity index (χ0) is 15.4. The van der Waals surface area contributed by atoms with Crippen LogP contribution in [0.4, 0.5) is 0 Å². The molecule has 0 aliphatic heterocycles. The maximum atomic E-state index is 11.1. The van der Waals surface area contributed by atoms with Crippen LogP contribution in [-0.4, -0.2) is 5.24 Å². The lowest BCUT2D eigenvalue weighted by atomic mass is 10.0. The van der Waals surface area contributed by atoms with Crippen LogP contribution in [-0.2, 0) is 0 Å². The average Bonchev–Trinajstić information content (AvgIpc) is 2.57. The van der Waals surface area contributed by atoms with Crippen molar-refractivity contribution in [3.63, 3.8) is 0 Å². The molecular weight excluding hydrogens is 296 g/mol. The van der Waals surface area contributed by atoms with Crippen LogP contribution in [0.2, 0.25) is 0 Å². The first-order valence-electron chi connectivity index (χ1n) is 6.85. The molecule has 0 N–H and O–H groups in total. The molecule has 0 saturated carbocycles. The van der Waals surface area contributed by atoms with E-state index in [0.29, 0.717) is 5.56 Å². The normalized spacial score (nSPS) is 10.2. The lowest BCUT2D eigenvalue weighted by molar-refractivity contribution is 0.108. The van der Waals surface area contributed by atoms with E-state index in [9.17, 15) is 4.79 Å². The van der Waals surface area contributed by atoms with Crippen molar-refractivity contribution in [3.8, 4) is 22.6 Å². The van der Waals surface area contributed by atoms with E-state index >= 15 is 0 Å². The predicted molar refractivity (Wildman–Crippen MR) is 88.6 cm³/mol. The van der Waals surface area contributed by atoms with Crippen molar-refractivity contribution in [1.82, 2.24) is 0 Å². The van der Waals surface area contributed by atoms with E-state index in [0.717, 1.165) is 22.6 Å². The molecule has 0 heterocycles. The second-order valence-electron chi connectivity index (χ2n) is 4.79. The fourth-order valence-electron chi connectivity index (χ4n) is 2.13. The highest BCUT2D eigenvalue weighted by atomic mass is 35.5. The number of ether oxygens (including phenoxy) is 1. The highest BCUT2D eigenvalue weighted by molar-refractivity contribution is 6.67. The van der Waals surface area contributed by atoms with Gasteiger partial charge in [-0.3, -0.25) is 4.79 Å². The number of benzene rings is 3. The molecule has 0 aliphatic rings. The molecule has 3 aromatic carbocycles. The second-order valence-corrected chi connectivity index (χ2v) is 5.13. The van der Waals surface area contributed by atoms with Gasteiger partial charge in [0, 0.05) is 5.56 Å². The first-order chi connectivity index (χ1) is 10.7. The highest BCUT2D eigenvalue weighted by Gasteiger charge is 2.03. The zero-order valence-corrected chi connectivity index (χ0v) is 12.5. The SMILES string of the molecule is O=C(Cl)c1ccc(-c2ccc(Oc3ccccc3)cc2)cc1. The van der Waals surface area contributed by atoms with Gasteiger partial charge in [0.15, 0.2) is 0 Å². The van der Waals surface area contributed by atoms with E-state index in [-0.39, 0.29) is 0 Å². The Morgan fingerprint density at radius 2 is 1.18 bits per heavy atom. The lowest BCUT2D eigenvalue weighted by Gasteiger charge is -2.07. The molecule has 0 spiro atoms. The molecule has 0 amide bonds. The first kappa shape index (κ1) is 14.4. The van der Waals surface area contributed by atoms with Crippen LogP contribution in [0.25, 0.3) is 11.1 Å². The summed E-state index contributed by atoms with van der Waals surface area (Å²) in [5, 5.41) is -0.446. The standard InChI is InChI=1S/C19H13ClO2/c20-19(21)16-8-6-14(7-9-16)15-10-12-18(13-11-15)22-17-4-2-1-3-5-17/h1-13H. The Bertz CT molecular complexity index is 763. The number of carbonyl (C=O) groups excluding carboxylic acids is 1. The Morgan fingerprint density at radius 1 is 0.682 bits per heavy atom. The van der Waals surface area contributed by atoms with Gasteiger partial charge < -0.3 is 4.74 Å². The Hall–Kier alpha value is -2.58. The van der Waals surface area contributed by atoms with Gasteiger partial charge >= 0.3 is 0 Å². The van der Waals surface area contributed by atoms with Crippen molar-refractivity contribution >= 4 is 16.8 Å². The fraction of sp³-hybridized carbons (Fsp3) is 0. The van der Waals surface area contributed by atoms with Crippen molar-refractivity contribution in [2.75, 3.05) is 0 Å². The topological polar surface area (TPSA) is 26.3 Å². The molecule has 108 valence electrons. The van der Waals surface area contributed by atoms with Crippen molar-refractivity contribution in [2.24, 2.45) is 0 Å². The van der Waals surface area contributed by atoms with E-state index in [4.69, 9.17) is 16.3 Å². The van der Waals surface area contributed by atoms with E-state index in [1.807, 2.05) is 66.7 Å². The Balaban J connectivity index is 1.77. The third-order valence-corrected chi connectivity index (χ3v) is 3.50. The smallest absolute Gasteiger partial charge is 0.252 e. The summed E-state index contributed by atoms with van der Waals surface area (Å²) in [5.41, 5.74) is 2.57. The maximum Gasteiger partial charge on any atom is 0.252 e. The summed E-state index contributed by atoms with van der Waals surface area (Å²) >= 11 is 5.44. The van der Waals surface area contributed by atoms with Crippen LogP contribution in [0.5, 0.6) is 11.5 Å². The predicted octanol–water partition coefficient (Wildman–Crippen LogP) is 5.52. The number of rotatable bonds is 4. The van der Waals surface area contributed by atoms with Crippen LogP contribution >= 0.6 is 11.6 Å². The Labute approximate surface area is 133 Å². The van der Waals surface area contributed by atoms with Gasteiger partial charge in [-0.2, -0.15) is 0 Å². The lowest BCUT2D eigenvalue weighted by Crippen LogP contribution is -1.88. The van der Waals surface area contributed by atoms with E-state index < -0.39 is 5.24 Å². The largest absolute Gasteiger partial charge is 0.457 e. The van der Waals surface area contributed by atoms with Gasteiger partial charge in [0.05, 0.1) is 0 Å². The highest BCUT2D eigenvalue weighted by Crippen LogP contribution is 2.26. The number of carbonyl (C=O) groups is 1. The number of halogens is 1. The number of hydrogen-bond donors (Lipinski definition) is 0. The third kappa shape index (κ3) is 3.35. The molecule has 3 heteroatoms. The molecule has 0 fully saturated rings. The molecule has 0 radical (unpaired) electrons. The van der Waals surface area contributed by atoms with Crippen LogP contribution in [0.3, 0.4) is 0 Å². The zero-order valence-electron chi connectivity index (χ0n) is 11.7. The summed E-state index contributed by atoms with van der Waals surface area (Å²) in [4.78, 5) is 11.1. The Kier molecular flexibility index (Phi) is 4.22. The molecule has 0 saturated heterocycles. The number of hydrogen-bond acceptors (Lipinski definition) is 2. The van der Waals surface area contributed by atoms with Gasteiger partial charge in [0.2, 0.25) is 0 Å². The van der Waals surface area contributed by atoms with Crippen molar-refractivity contribution in [2.45, 2.75) is 0 Å². The fourth-order valence-corrected chi connectivity index (χ4v) is 2.26. The van der Waals surface area contributed by atoms with Crippen LogP contribution < -0.4 is 4.74 Å².